The van der Waals surface area contributed by atoms with Crippen molar-refractivity contribution < 1.29 is 47.6 Å². The summed E-state index contributed by atoms with van der Waals surface area (Å²) in [4.78, 5) is 39.9. The Morgan fingerprint density at radius 3 is 1.88 bits per heavy atom. The fraction of sp³-hybridized carbons (Fsp3) is 0.483. The Labute approximate surface area is 241 Å². The number of phenolic OH excluding ortho intramolecular Hbond substituents is 1. The van der Waals surface area contributed by atoms with Gasteiger partial charge in [0, 0.05) is 34.4 Å². The molecule has 0 aliphatic carbocycles. The lowest BCUT2D eigenvalue weighted by atomic mass is 9.78. The second-order valence-corrected chi connectivity index (χ2v) is 11.8. The fourth-order valence-electron chi connectivity index (χ4n) is 4.34. The van der Waals surface area contributed by atoms with Crippen LogP contribution in [0.3, 0.4) is 0 Å². The summed E-state index contributed by atoms with van der Waals surface area (Å²) in [6.07, 6.45) is -5.08. The normalized spacial score (nSPS) is 13.3. The van der Waals surface area contributed by atoms with Crippen LogP contribution in [-0.4, -0.2) is 68.1 Å². The van der Waals surface area contributed by atoms with E-state index < -0.39 is 18.1 Å². The minimum Gasteiger partial charge on any atom is -0.507 e. The third-order valence-corrected chi connectivity index (χ3v) is 6.52. The first-order valence-corrected chi connectivity index (χ1v) is 13.0. The average molecular weight is 596 g/mol. The summed E-state index contributed by atoms with van der Waals surface area (Å²) in [7, 11) is 0. The molecule has 0 amide bonds. The zero-order chi connectivity index (χ0) is 32.5. The molecule has 0 fully saturated rings. The van der Waals surface area contributed by atoms with Crippen molar-refractivity contribution in [3.8, 4) is 11.5 Å². The molecule has 0 saturated carbocycles. The molecule has 0 atom stereocenters. The number of rotatable bonds is 6. The summed E-state index contributed by atoms with van der Waals surface area (Å²) in [5, 5.41) is 36.3. The molecule has 3 rings (SSSR count). The number of carbonyl (C=O) groups is 3. The van der Waals surface area contributed by atoms with Crippen LogP contribution < -0.4 is 4.74 Å². The smallest absolute Gasteiger partial charge is 0.490 e. The third-order valence-electron chi connectivity index (χ3n) is 6.52. The third kappa shape index (κ3) is 7.37. The lowest BCUT2D eigenvalue weighted by molar-refractivity contribution is -0.192. The Kier molecular flexibility index (Phi) is 9.71. The number of aromatic nitrogens is 1. The molecule has 1 aliphatic heterocycles. The predicted octanol–water partition coefficient (Wildman–Crippen LogP) is 5.44. The number of hydrogen-bond acceptors (Lipinski definition) is 7. The van der Waals surface area contributed by atoms with Crippen LogP contribution in [0.1, 0.15) is 97.3 Å². The summed E-state index contributed by atoms with van der Waals surface area (Å²) < 4.78 is 37.3. The highest BCUT2D eigenvalue weighted by atomic mass is 19.4. The molecule has 0 saturated heterocycles. The topological polar surface area (TPSA) is 161 Å². The Morgan fingerprint density at radius 1 is 1.02 bits per heavy atom. The number of nitrogens with zero attached hydrogens (tertiary/aromatic N) is 2. The Hall–Kier alpha value is -4.16. The van der Waals surface area contributed by atoms with Gasteiger partial charge in [0.15, 0.2) is 17.2 Å². The summed E-state index contributed by atoms with van der Waals surface area (Å²) in [6.45, 7) is 15.9. The lowest BCUT2D eigenvalue weighted by Crippen LogP contribution is -2.31. The zero-order valence-corrected chi connectivity index (χ0v) is 24.8. The molecule has 1 aliphatic rings. The van der Waals surface area contributed by atoms with Gasteiger partial charge in [0.2, 0.25) is 0 Å². The molecule has 0 radical (unpaired) electrons. The molecule has 2 aromatic rings. The van der Waals surface area contributed by atoms with E-state index in [0.29, 0.717) is 27.8 Å². The fourth-order valence-corrected chi connectivity index (χ4v) is 4.34. The van der Waals surface area contributed by atoms with E-state index in [1.807, 2.05) is 41.5 Å². The van der Waals surface area contributed by atoms with Crippen molar-refractivity contribution >= 4 is 23.6 Å². The quantitative estimate of drug-likeness (QED) is 0.319. The first-order chi connectivity index (χ1) is 19.0. The van der Waals surface area contributed by atoms with Crippen LogP contribution in [0.4, 0.5) is 13.2 Å². The number of aromatic hydroxyl groups is 1. The number of ether oxygens (including phenoxy) is 1. The van der Waals surface area contributed by atoms with Gasteiger partial charge in [-0.2, -0.15) is 13.2 Å². The number of halogens is 3. The van der Waals surface area contributed by atoms with Crippen molar-refractivity contribution in [2.45, 2.75) is 78.9 Å². The molecule has 0 bridgehead atoms. The minimum absolute atomic E-state index is 0.00728. The molecule has 230 valence electrons. The number of carboxylic acid groups (broad SMARTS) is 2. The van der Waals surface area contributed by atoms with E-state index in [2.05, 4.69) is 4.98 Å². The average Bonchev–Trinajstić information content (AvgIpc) is 3.14. The molecule has 42 heavy (non-hydrogen) atoms. The summed E-state index contributed by atoms with van der Waals surface area (Å²) in [5.41, 5.74) is 2.43. The van der Waals surface area contributed by atoms with Gasteiger partial charge in [-0.1, -0.05) is 41.5 Å². The number of ketones is 1. The molecule has 0 unspecified atom stereocenters. The number of amidine groups is 1. The molecular weight excluding hydrogens is 559 g/mol. The number of carboxylic acids is 2. The van der Waals surface area contributed by atoms with Crippen molar-refractivity contribution in [1.82, 2.24) is 9.88 Å². The van der Waals surface area contributed by atoms with Crippen LogP contribution in [0.2, 0.25) is 0 Å². The second-order valence-electron chi connectivity index (χ2n) is 11.8. The number of Topliss-reactive ketones (excluding diaryl/α,β-unsaturated/α-hetero) is 1. The first kappa shape index (κ1) is 34.0. The van der Waals surface area contributed by atoms with E-state index in [-0.39, 0.29) is 65.0 Å². The molecule has 1 aromatic carbocycles. The highest BCUT2D eigenvalue weighted by molar-refractivity contribution is 6.05. The molecule has 0 spiro atoms. The minimum atomic E-state index is -5.08. The predicted molar refractivity (Wildman–Crippen MR) is 148 cm³/mol. The summed E-state index contributed by atoms with van der Waals surface area (Å²) in [5.74, 6) is -3.77. The van der Waals surface area contributed by atoms with Gasteiger partial charge in [0.1, 0.15) is 17.3 Å². The summed E-state index contributed by atoms with van der Waals surface area (Å²) >= 11 is 0. The number of nitrogens with one attached hydrogen (secondary N) is 1. The van der Waals surface area contributed by atoms with Crippen LogP contribution in [0.5, 0.6) is 11.5 Å². The molecule has 2 heterocycles. The van der Waals surface area contributed by atoms with Gasteiger partial charge in [-0.05, 0) is 36.8 Å². The number of benzene rings is 1. The Morgan fingerprint density at radius 2 is 1.50 bits per heavy atom. The number of pyridine rings is 1. The number of hydrogen-bond donors (Lipinski definition) is 4. The summed E-state index contributed by atoms with van der Waals surface area (Å²) in [6, 6.07) is 3.47. The zero-order valence-electron chi connectivity index (χ0n) is 24.8. The Bertz CT molecular complexity index is 1390. The molecule has 1 aromatic heterocycles. The monoisotopic (exact) mass is 595 g/mol. The van der Waals surface area contributed by atoms with E-state index in [1.165, 1.54) is 0 Å². The second kappa shape index (κ2) is 12.0. The maximum absolute atomic E-state index is 13.4. The van der Waals surface area contributed by atoms with Crippen molar-refractivity contribution in [2.24, 2.45) is 0 Å². The van der Waals surface area contributed by atoms with E-state index in [9.17, 15) is 33.0 Å². The maximum Gasteiger partial charge on any atom is 0.490 e. The van der Waals surface area contributed by atoms with Crippen molar-refractivity contribution in [3.63, 3.8) is 0 Å². The number of fused-ring (bicyclic) bond motifs is 1. The molecule has 4 N–H and O–H groups in total. The lowest BCUT2D eigenvalue weighted by Gasteiger charge is -2.28. The highest BCUT2D eigenvalue weighted by Crippen LogP contribution is 2.40. The van der Waals surface area contributed by atoms with Gasteiger partial charge in [-0.3, -0.25) is 10.2 Å². The van der Waals surface area contributed by atoms with Crippen LogP contribution in [0.15, 0.2) is 12.1 Å². The van der Waals surface area contributed by atoms with Crippen LogP contribution in [0.25, 0.3) is 0 Å². The molecule has 13 heteroatoms. The van der Waals surface area contributed by atoms with Gasteiger partial charge < -0.3 is 25.0 Å². The van der Waals surface area contributed by atoms with Crippen molar-refractivity contribution in [2.75, 3.05) is 13.2 Å². The standard InChI is InChI=1S/C27H35N3O5.C2HF3O2/c1-9-35-23-14(2)16-12-30(24(28)20(16)29-21(23)25(33)34)13-19(31)15-10-17(26(3,4)5)22(32)18(11-15)27(6,7)8;3-2(4,5)1(6)7/h10-11,28,32H,9,12-13H2,1-8H3,(H,33,34);(H,6,7). The highest BCUT2D eigenvalue weighted by Gasteiger charge is 2.38. The van der Waals surface area contributed by atoms with Crippen molar-refractivity contribution in [3.05, 3.63) is 51.3 Å². The largest absolute Gasteiger partial charge is 0.507 e. The first-order valence-electron chi connectivity index (χ1n) is 13.0. The van der Waals surface area contributed by atoms with Crippen molar-refractivity contribution in [1.29, 1.82) is 5.41 Å². The molecule has 10 nitrogen and oxygen atoms in total. The number of aliphatic carboxylic acids is 1. The van der Waals surface area contributed by atoms with Gasteiger partial charge >= 0.3 is 18.1 Å². The van der Waals surface area contributed by atoms with Crippen LogP contribution in [-0.2, 0) is 22.2 Å². The van der Waals surface area contributed by atoms with E-state index in [4.69, 9.17) is 20.0 Å². The van der Waals surface area contributed by atoms with Crippen LogP contribution in [0, 0.1) is 12.3 Å². The van der Waals surface area contributed by atoms with E-state index >= 15 is 0 Å². The SMILES string of the molecule is CCOc1c(C(=O)O)nc2c(c1C)CN(CC(=O)c1cc(C(C)(C)C)c(O)c(C(C)(C)C)c1)C2=N.O=C(O)C(F)(F)F. The number of carbonyl (C=O) groups excluding carboxylic acids is 1. The van der Waals surface area contributed by atoms with Crippen LogP contribution >= 0.6 is 0 Å². The Balaban J connectivity index is 0.000000782. The number of alkyl halides is 3. The van der Waals surface area contributed by atoms with Gasteiger partial charge in [-0.15, -0.1) is 0 Å². The molecular formula is C29H36F3N3O7. The van der Waals surface area contributed by atoms with Gasteiger partial charge in [0.05, 0.1) is 13.2 Å². The van der Waals surface area contributed by atoms with Gasteiger partial charge in [0.25, 0.3) is 0 Å². The number of aromatic carboxylic acids is 1. The van der Waals surface area contributed by atoms with E-state index in [0.717, 1.165) is 0 Å². The number of phenols is 1. The maximum atomic E-state index is 13.4. The van der Waals surface area contributed by atoms with E-state index in [1.54, 1.807) is 30.9 Å². The van der Waals surface area contributed by atoms with Gasteiger partial charge in [-0.25, -0.2) is 14.6 Å².